The number of nitrogens with zero attached hydrogens (tertiary/aromatic N) is 1. The first-order valence-electron chi connectivity index (χ1n) is 8.04. The van der Waals surface area contributed by atoms with Crippen molar-refractivity contribution in [2.24, 2.45) is 17.6 Å². The molecule has 0 unspecified atom stereocenters. The Balaban J connectivity index is 1.61. The smallest absolute Gasteiger partial charge is 0.224 e. The van der Waals surface area contributed by atoms with Gasteiger partial charge in [-0.2, -0.15) is 0 Å². The first kappa shape index (κ1) is 16.2. The number of amides is 2. The Bertz CT molecular complexity index is 348. The highest BCUT2D eigenvalue weighted by Crippen LogP contribution is 2.28. The number of carbonyl (C=O) groups excluding carboxylic acids is 2. The average Bonchev–Trinajstić information content (AvgIpc) is 2.55. The molecular weight excluding hydrogens is 270 g/mol. The van der Waals surface area contributed by atoms with Crippen molar-refractivity contribution in [3.05, 3.63) is 0 Å². The zero-order valence-corrected chi connectivity index (χ0v) is 12.7. The fourth-order valence-electron chi connectivity index (χ4n) is 3.07. The summed E-state index contributed by atoms with van der Waals surface area (Å²) in [6.07, 6.45) is 4.31. The van der Waals surface area contributed by atoms with Gasteiger partial charge in [-0.25, -0.2) is 0 Å². The Morgan fingerprint density at radius 1 is 1.14 bits per heavy atom. The molecular formula is C15H27N3O3. The molecule has 6 nitrogen and oxygen atoms in total. The molecule has 120 valence electrons. The van der Waals surface area contributed by atoms with Crippen LogP contribution in [0.15, 0.2) is 0 Å². The Hall–Kier alpha value is -1.14. The van der Waals surface area contributed by atoms with Gasteiger partial charge in [-0.1, -0.05) is 0 Å². The van der Waals surface area contributed by atoms with E-state index in [9.17, 15) is 9.59 Å². The van der Waals surface area contributed by atoms with Crippen molar-refractivity contribution < 1.29 is 14.3 Å². The van der Waals surface area contributed by atoms with Crippen LogP contribution >= 0.6 is 0 Å². The van der Waals surface area contributed by atoms with Crippen LogP contribution in [0.3, 0.4) is 0 Å². The molecule has 0 aromatic carbocycles. The highest BCUT2D eigenvalue weighted by Gasteiger charge is 2.25. The number of nitrogens with two attached hydrogens (primary N) is 1. The molecule has 3 N–H and O–H groups in total. The quantitative estimate of drug-likeness (QED) is 0.754. The normalized spacial score (nSPS) is 26.4. The van der Waals surface area contributed by atoms with E-state index in [1.807, 2.05) is 4.90 Å². The molecule has 0 aromatic heterocycles. The first-order chi connectivity index (χ1) is 10.2. The molecule has 2 amide bonds. The van der Waals surface area contributed by atoms with Crippen molar-refractivity contribution in [1.29, 1.82) is 0 Å². The summed E-state index contributed by atoms with van der Waals surface area (Å²) in [6.45, 7) is 3.71. The van der Waals surface area contributed by atoms with E-state index in [4.69, 9.17) is 10.5 Å². The maximum Gasteiger partial charge on any atom is 0.224 e. The number of carbonyl (C=O) groups is 2. The zero-order chi connectivity index (χ0) is 15.1. The van der Waals surface area contributed by atoms with Crippen LogP contribution in [0.1, 0.15) is 32.1 Å². The molecule has 0 spiro atoms. The van der Waals surface area contributed by atoms with Crippen LogP contribution in [0.25, 0.3) is 0 Å². The average molecular weight is 297 g/mol. The molecule has 1 aliphatic carbocycles. The van der Waals surface area contributed by atoms with Crippen molar-refractivity contribution in [3.8, 4) is 0 Å². The monoisotopic (exact) mass is 297 g/mol. The van der Waals surface area contributed by atoms with E-state index in [-0.39, 0.29) is 17.7 Å². The van der Waals surface area contributed by atoms with Gasteiger partial charge in [0.05, 0.1) is 13.2 Å². The number of morpholine rings is 1. The Kier molecular flexibility index (Phi) is 6.45. The molecule has 1 heterocycles. The van der Waals surface area contributed by atoms with Crippen LogP contribution in [-0.4, -0.2) is 56.1 Å². The fraction of sp³-hybridized carbons (Fsp3) is 0.867. The molecule has 2 aliphatic rings. The minimum atomic E-state index is 0.0975. The van der Waals surface area contributed by atoms with Gasteiger partial charge in [-0.3, -0.25) is 9.59 Å². The van der Waals surface area contributed by atoms with Gasteiger partial charge >= 0.3 is 0 Å². The number of hydrogen-bond acceptors (Lipinski definition) is 4. The SMILES string of the molecule is NCC1CCC(C(=O)NCCC(=O)N2CCOCC2)CC1. The van der Waals surface area contributed by atoms with E-state index in [1.165, 1.54) is 0 Å². The largest absolute Gasteiger partial charge is 0.378 e. The van der Waals surface area contributed by atoms with Crippen molar-refractivity contribution in [1.82, 2.24) is 10.2 Å². The lowest BCUT2D eigenvalue weighted by Gasteiger charge is -2.28. The van der Waals surface area contributed by atoms with Crippen molar-refractivity contribution in [2.45, 2.75) is 32.1 Å². The van der Waals surface area contributed by atoms with Gasteiger partial charge in [-0.15, -0.1) is 0 Å². The Labute approximate surface area is 126 Å². The lowest BCUT2D eigenvalue weighted by atomic mass is 9.81. The molecule has 1 saturated heterocycles. The summed E-state index contributed by atoms with van der Waals surface area (Å²) in [4.78, 5) is 25.8. The lowest BCUT2D eigenvalue weighted by molar-refractivity contribution is -0.135. The summed E-state index contributed by atoms with van der Waals surface area (Å²) in [6, 6.07) is 0. The first-order valence-corrected chi connectivity index (χ1v) is 8.04. The fourth-order valence-corrected chi connectivity index (χ4v) is 3.07. The van der Waals surface area contributed by atoms with Crippen LogP contribution in [0.5, 0.6) is 0 Å². The van der Waals surface area contributed by atoms with E-state index >= 15 is 0 Å². The second kappa shape index (κ2) is 8.34. The van der Waals surface area contributed by atoms with E-state index in [0.717, 1.165) is 32.2 Å². The van der Waals surface area contributed by atoms with Gasteiger partial charge in [0.1, 0.15) is 0 Å². The van der Waals surface area contributed by atoms with E-state index in [1.54, 1.807) is 0 Å². The second-order valence-electron chi connectivity index (χ2n) is 5.99. The number of ether oxygens (including phenoxy) is 1. The number of rotatable bonds is 5. The third kappa shape index (κ3) is 4.97. The molecule has 0 aromatic rings. The molecule has 1 saturated carbocycles. The zero-order valence-electron chi connectivity index (χ0n) is 12.7. The van der Waals surface area contributed by atoms with Crippen molar-refractivity contribution in [2.75, 3.05) is 39.4 Å². The Morgan fingerprint density at radius 3 is 2.43 bits per heavy atom. The molecule has 21 heavy (non-hydrogen) atoms. The second-order valence-corrected chi connectivity index (χ2v) is 5.99. The molecule has 6 heteroatoms. The minimum absolute atomic E-state index is 0.0975. The van der Waals surface area contributed by atoms with Crippen LogP contribution < -0.4 is 11.1 Å². The van der Waals surface area contributed by atoms with Crippen LogP contribution in [0, 0.1) is 11.8 Å². The molecule has 1 aliphatic heterocycles. The maximum absolute atomic E-state index is 12.1. The van der Waals surface area contributed by atoms with E-state index in [0.29, 0.717) is 45.2 Å². The third-order valence-corrected chi connectivity index (χ3v) is 4.55. The minimum Gasteiger partial charge on any atom is -0.378 e. The lowest BCUT2D eigenvalue weighted by Crippen LogP contribution is -2.42. The molecule has 0 bridgehead atoms. The van der Waals surface area contributed by atoms with Gasteiger partial charge in [-0.05, 0) is 38.1 Å². The van der Waals surface area contributed by atoms with Crippen LogP contribution in [-0.2, 0) is 14.3 Å². The van der Waals surface area contributed by atoms with Gasteiger partial charge < -0.3 is 20.7 Å². The van der Waals surface area contributed by atoms with Crippen LogP contribution in [0.4, 0.5) is 0 Å². The summed E-state index contributed by atoms with van der Waals surface area (Å²) >= 11 is 0. The van der Waals surface area contributed by atoms with Crippen molar-refractivity contribution >= 4 is 11.8 Å². The third-order valence-electron chi connectivity index (χ3n) is 4.55. The van der Waals surface area contributed by atoms with Gasteiger partial charge in [0.25, 0.3) is 0 Å². The van der Waals surface area contributed by atoms with Crippen molar-refractivity contribution in [3.63, 3.8) is 0 Å². The van der Waals surface area contributed by atoms with E-state index in [2.05, 4.69) is 5.32 Å². The summed E-state index contributed by atoms with van der Waals surface area (Å²) in [5.74, 6) is 0.883. The van der Waals surface area contributed by atoms with Crippen LogP contribution in [0.2, 0.25) is 0 Å². The van der Waals surface area contributed by atoms with Gasteiger partial charge in [0.15, 0.2) is 0 Å². The number of nitrogens with one attached hydrogen (secondary N) is 1. The summed E-state index contributed by atoms with van der Waals surface area (Å²) < 4.78 is 5.22. The maximum atomic E-state index is 12.1. The molecule has 2 fully saturated rings. The topological polar surface area (TPSA) is 84.7 Å². The standard InChI is InChI=1S/C15H27N3O3/c16-11-12-1-3-13(4-2-12)15(20)17-6-5-14(19)18-7-9-21-10-8-18/h12-13H,1-11,16H2,(H,17,20). The molecule has 0 atom stereocenters. The predicted molar refractivity (Wildman–Crippen MR) is 79.5 cm³/mol. The Morgan fingerprint density at radius 2 is 1.81 bits per heavy atom. The highest BCUT2D eigenvalue weighted by molar-refractivity contribution is 5.80. The number of hydrogen-bond donors (Lipinski definition) is 2. The van der Waals surface area contributed by atoms with Gasteiger partial charge in [0, 0.05) is 32.0 Å². The summed E-state index contributed by atoms with van der Waals surface area (Å²) in [7, 11) is 0. The molecule has 0 radical (unpaired) electrons. The molecule has 2 rings (SSSR count). The highest BCUT2D eigenvalue weighted by atomic mass is 16.5. The predicted octanol–water partition coefficient (Wildman–Crippen LogP) is 0.117. The summed E-state index contributed by atoms with van der Waals surface area (Å²) in [5, 5.41) is 2.91. The van der Waals surface area contributed by atoms with E-state index < -0.39 is 0 Å². The summed E-state index contributed by atoms with van der Waals surface area (Å²) in [5.41, 5.74) is 5.66. The van der Waals surface area contributed by atoms with Gasteiger partial charge in [0.2, 0.25) is 11.8 Å².